The minimum absolute atomic E-state index is 0.0365. The van der Waals surface area contributed by atoms with Crippen LogP contribution in [-0.4, -0.2) is 95.8 Å². The first-order chi connectivity index (χ1) is 19.6. The van der Waals surface area contributed by atoms with Gasteiger partial charge < -0.3 is 36.3 Å². The summed E-state index contributed by atoms with van der Waals surface area (Å²) in [6.45, 7) is -0.138. The molecule has 2 aliphatic rings. The highest BCUT2D eigenvalue weighted by atomic mass is 32.2. The Balaban J connectivity index is 0.000000616. The molecule has 2 aliphatic heterocycles. The molecule has 1 fully saturated rings. The van der Waals surface area contributed by atoms with Crippen molar-refractivity contribution in [2.75, 3.05) is 18.1 Å². The number of nitrogens with one attached hydrogen (secondary N) is 1. The van der Waals surface area contributed by atoms with E-state index in [2.05, 4.69) is 15.5 Å². The van der Waals surface area contributed by atoms with Crippen LogP contribution in [-0.2, 0) is 19.2 Å². The van der Waals surface area contributed by atoms with E-state index in [1.165, 1.54) is 41.4 Å². The van der Waals surface area contributed by atoms with Crippen molar-refractivity contribution in [3.63, 3.8) is 0 Å². The first-order valence-corrected chi connectivity index (χ1v) is 13.0. The summed E-state index contributed by atoms with van der Waals surface area (Å²) in [6.07, 6.45) is -5.08. The van der Waals surface area contributed by atoms with Crippen LogP contribution in [0.2, 0.25) is 0 Å². The molecule has 224 valence electrons. The minimum Gasteiger partial charge on any atom is -0.489 e. The molecule has 2 aromatic rings. The second-order valence-electron chi connectivity index (χ2n) is 8.06. The highest BCUT2D eigenvalue weighted by Gasteiger charge is 2.54. The third kappa shape index (κ3) is 7.07. The second kappa shape index (κ2) is 12.8. The summed E-state index contributed by atoms with van der Waals surface area (Å²) >= 11 is 2.27. The van der Waals surface area contributed by atoms with Crippen molar-refractivity contribution < 1.29 is 62.4 Å². The van der Waals surface area contributed by atoms with Gasteiger partial charge in [-0.3, -0.25) is 14.5 Å². The molecule has 1 aromatic heterocycles. The molecular weight excluding hydrogens is 615 g/mol. The number of benzene rings is 1. The lowest BCUT2D eigenvalue weighted by atomic mass is 10.0. The normalized spacial score (nSPS) is 18.2. The van der Waals surface area contributed by atoms with E-state index < -0.39 is 53.0 Å². The fraction of sp³-hybridized carbons (Fsp3) is 0.227. The van der Waals surface area contributed by atoms with Gasteiger partial charge in [0.15, 0.2) is 10.8 Å². The Hall–Kier alpha value is -4.85. The number of aromatic nitrogens is 1. The van der Waals surface area contributed by atoms with Gasteiger partial charge in [0, 0.05) is 16.7 Å². The highest BCUT2D eigenvalue weighted by molar-refractivity contribution is 8.00. The average molecular weight is 634 g/mol. The lowest BCUT2D eigenvalue weighted by molar-refractivity contribution is -0.192. The van der Waals surface area contributed by atoms with E-state index in [0.29, 0.717) is 11.3 Å². The molecule has 2 amide bonds. The molecule has 15 nitrogen and oxygen atoms in total. The highest BCUT2D eigenvalue weighted by Crippen LogP contribution is 2.40. The number of oxime groups is 1. The van der Waals surface area contributed by atoms with Gasteiger partial charge in [-0.25, -0.2) is 19.4 Å². The molecule has 20 heteroatoms. The number of aromatic carboxylic acids is 1. The smallest absolute Gasteiger partial charge is 0.489 e. The fourth-order valence-corrected chi connectivity index (χ4v) is 5.35. The number of amides is 2. The molecule has 1 saturated heterocycles. The Morgan fingerprint density at radius 3 is 2.24 bits per heavy atom. The van der Waals surface area contributed by atoms with Crippen LogP contribution in [0.25, 0.3) is 0 Å². The van der Waals surface area contributed by atoms with E-state index in [9.17, 15) is 42.7 Å². The number of rotatable bonds is 8. The van der Waals surface area contributed by atoms with E-state index in [0.717, 1.165) is 16.2 Å². The number of β-lactam (4-membered cyclic amide) rings is 1. The molecule has 0 aliphatic carbocycles. The fourth-order valence-electron chi connectivity index (χ4n) is 3.48. The molecular formula is C22H18F3N5O10S2. The van der Waals surface area contributed by atoms with Crippen LogP contribution in [0, 0.1) is 0 Å². The number of hydrogen-bond acceptors (Lipinski definition) is 12. The van der Waals surface area contributed by atoms with E-state index in [1.54, 1.807) is 0 Å². The zero-order chi connectivity index (χ0) is 31.4. The van der Waals surface area contributed by atoms with Gasteiger partial charge in [-0.15, -0.1) is 23.1 Å². The molecule has 1 aromatic carbocycles. The number of nitrogens with two attached hydrogens (primary N) is 1. The topological polar surface area (TPSA) is 242 Å². The molecule has 2 atom stereocenters. The van der Waals surface area contributed by atoms with Gasteiger partial charge >= 0.3 is 24.1 Å². The van der Waals surface area contributed by atoms with Crippen LogP contribution in [0.3, 0.4) is 0 Å². The molecule has 4 rings (SSSR count). The minimum atomic E-state index is -5.08. The van der Waals surface area contributed by atoms with Crippen molar-refractivity contribution in [2.24, 2.45) is 5.16 Å². The predicted octanol–water partition coefficient (Wildman–Crippen LogP) is 1.05. The van der Waals surface area contributed by atoms with Crippen LogP contribution in [0.5, 0.6) is 5.75 Å². The molecule has 7 N–H and O–H groups in total. The third-order valence-electron chi connectivity index (χ3n) is 5.37. The number of carbonyl (C=O) groups excluding carboxylic acids is 2. The molecule has 0 radical (unpaired) electrons. The first kappa shape index (κ1) is 31.7. The summed E-state index contributed by atoms with van der Waals surface area (Å²) in [4.78, 5) is 62.1. The number of ether oxygens (including phenoxy) is 1. The number of hydrogen-bond donors (Lipinski definition) is 6. The summed E-state index contributed by atoms with van der Waals surface area (Å²) in [6, 6.07) is 4.55. The van der Waals surface area contributed by atoms with Crippen molar-refractivity contribution >= 4 is 63.7 Å². The van der Waals surface area contributed by atoms with E-state index in [4.69, 9.17) is 25.5 Å². The predicted molar refractivity (Wildman–Crippen MR) is 137 cm³/mol. The van der Waals surface area contributed by atoms with E-state index in [-0.39, 0.29) is 34.4 Å². The van der Waals surface area contributed by atoms with Crippen LogP contribution in [0.1, 0.15) is 16.1 Å². The van der Waals surface area contributed by atoms with E-state index in [1.807, 2.05) is 0 Å². The van der Waals surface area contributed by atoms with Gasteiger partial charge in [-0.1, -0.05) is 5.16 Å². The Labute approximate surface area is 240 Å². The number of carboxylic acid groups (broad SMARTS) is 3. The van der Waals surface area contributed by atoms with Gasteiger partial charge in [-0.05, 0) is 24.3 Å². The zero-order valence-electron chi connectivity index (χ0n) is 20.6. The Bertz CT molecular complexity index is 1480. The second-order valence-corrected chi connectivity index (χ2v) is 10.1. The summed E-state index contributed by atoms with van der Waals surface area (Å²) in [5, 5.41) is 41.4. The molecule has 3 heterocycles. The van der Waals surface area contributed by atoms with Gasteiger partial charge in [0.25, 0.3) is 11.8 Å². The Morgan fingerprint density at radius 2 is 1.76 bits per heavy atom. The van der Waals surface area contributed by atoms with Gasteiger partial charge in [-0.2, -0.15) is 13.2 Å². The van der Waals surface area contributed by atoms with Gasteiger partial charge in [0.2, 0.25) is 0 Å². The molecule has 1 unspecified atom stereocenters. The number of aliphatic carboxylic acids is 2. The quantitative estimate of drug-likeness (QED) is 0.103. The van der Waals surface area contributed by atoms with Crippen LogP contribution < -0.4 is 15.8 Å². The molecule has 0 saturated carbocycles. The number of nitrogen functional groups attached to an aromatic ring is 1. The Kier molecular flexibility index (Phi) is 9.63. The summed E-state index contributed by atoms with van der Waals surface area (Å²) in [7, 11) is 0. The number of fused-ring (bicyclic) bond motifs is 1. The largest absolute Gasteiger partial charge is 0.490 e. The van der Waals surface area contributed by atoms with Gasteiger partial charge in [0.1, 0.15) is 35.2 Å². The standard InChI is InChI=1S/C20H17N5O8S2.C2HF3O2/c21-20-22-11(7-35-20)12(24-32)15(26)23-13-16(27)25-14(19(30)31)9(6-34-17(13)25)5-33-10-3-1-8(2-4-10)18(28)29;3-2(4,5)1(6)7/h1-4,7,13,17,32H,5-6H2,(H2,21,22)(H,23,26)(H,28,29)(H,30,31);(H,6,7)/b24-12-;/t13?,17-;/m1./s1. The van der Waals surface area contributed by atoms with Crippen molar-refractivity contribution in [2.45, 2.75) is 17.6 Å². The number of carbonyl (C=O) groups is 5. The van der Waals surface area contributed by atoms with Crippen LogP contribution >= 0.6 is 23.1 Å². The molecule has 0 bridgehead atoms. The summed E-state index contributed by atoms with van der Waals surface area (Å²) < 4.78 is 37.3. The molecule has 42 heavy (non-hydrogen) atoms. The number of alkyl halides is 3. The molecule has 0 spiro atoms. The lowest BCUT2D eigenvalue weighted by Gasteiger charge is -2.49. The monoisotopic (exact) mass is 633 g/mol. The maximum atomic E-state index is 12.8. The van der Waals surface area contributed by atoms with Crippen molar-refractivity contribution in [3.05, 3.63) is 52.2 Å². The van der Waals surface area contributed by atoms with Crippen LogP contribution in [0.15, 0.2) is 46.1 Å². The van der Waals surface area contributed by atoms with E-state index >= 15 is 0 Å². The number of anilines is 1. The maximum Gasteiger partial charge on any atom is 0.490 e. The van der Waals surface area contributed by atoms with Crippen molar-refractivity contribution in [1.82, 2.24) is 15.2 Å². The number of thioether (sulfide) groups is 1. The third-order valence-corrected chi connectivity index (χ3v) is 7.39. The summed E-state index contributed by atoms with van der Waals surface area (Å²) in [5.74, 6) is -6.15. The van der Waals surface area contributed by atoms with Crippen molar-refractivity contribution in [1.29, 1.82) is 0 Å². The number of carboxylic acids is 3. The SMILES string of the molecule is Nc1nc(/C(=N/O)C(=O)NC2C(=O)N3C(C(=O)O)=C(COc4ccc(C(=O)O)cc4)CS[C@H]23)cs1.O=C(O)C(F)(F)F. The lowest BCUT2D eigenvalue weighted by Crippen LogP contribution is -2.71. The van der Waals surface area contributed by atoms with Crippen LogP contribution in [0.4, 0.5) is 18.3 Å². The number of halogens is 3. The average Bonchev–Trinajstić information content (AvgIpc) is 3.35. The first-order valence-electron chi connectivity index (χ1n) is 11.1. The number of thiazole rings is 1. The zero-order valence-corrected chi connectivity index (χ0v) is 22.2. The number of nitrogens with zero attached hydrogens (tertiary/aromatic N) is 3. The Morgan fingerprint density at radius 1 is 1.14 bits per heavy atom. The van der Waals surface area contributed by atoms with Crippen molar-refractivity contribution in [3.8, 4) is 5.75 Å². The maximum absolute atomic E-state index is 12.8. The summed E-state index contributed by atoms with van der Waals surface area (Å²) in [5.41, 5.74) is 5.32. The van der Waals surface area contributed by atoms with Gasteiger partial charge in [0.05, 0.1) is 5.56 Å².